The largest absolute Gasteiger partial charge is 0.485 e. The number of rotatable bonds is 5. The van der Waals surface area contributed by atoms with Gasteiger partial charge in [0.25, 0.3) is 0 Å². The van der Waals surface area contributed by atoms with Crippen molar-refractivity contribution in [2.24, 2.45) is 0 Å². The molecule has 6 nitrogen and oxygen atoms in total. The summed E-state index contributed by atoms with van der Waals surface area (Å²) in [5.41, 5.74) is 0.739. The molecular formula is C12H10N2O4. The monoisotopic (exact) mass is 246 g/mol. The van der Waals surface area contributed by atoms with E-state index in [1.165, 1.54) is 12.5 Å². The van der Waals surface area contributed by atoms with E-state index in [-0.39, 0.29) is 6.61 Å². The van der Waals surface area contributed by atoms with Crippen molar-refractivity contribution in [2.75, 3.05) is 0 Å². The third kappa shape index (κ3) is 3.44. The molecule has 0 saturated heterocycles. The second-order valence-electron chi connectivity index (χ2n) is 3.38. The first kappa shape index (κ1) is 11.8. The SMILES string of the molecule is O=C(O)/C=C/c1cccc(OCc2ncon2)c1. The standard InChI is InChI=1S/C12H10N2O4/c15-12(16)5-4-9-2-1-3-10(6-9)17-7-11-13-8-18-14-11/h1-6,8H,7H2,(H,15,16)/b5-4+. The number of aliphatic carboxylic acids is 1. The van der Waals surface area contributed by atoms with Crippen LogP contribution in [0.5, 0.6) is 5.75 Å². The molecular weight excluding hydrogens is 236 g/mol. The Balaban J connectivity index is 2.01. The Hall–Kier alpha value is -2.63. The van der Waals surface area contributed by atoms with E-state index in [4.69, 9.17) is 9.84 Å². The van der Waals surface area contributed by atoms with Crippen LogP contribution in [0.3, 0.4) is 0 Å². The molecule has 0 fully saturated rings. The zero-order valence-corrected chi connectivity index (χ0v) is 9.31. The number of carboxylic acid groups (broad SMARTS) is 1. The summed E-state index contributed by atoms with van der Waals surface area (Å²) in [5, 5.41) is 12.1. The number of aromatic nitrogens is 2. The maximum absolute atomic E-state index is 10.4. The first-order valence-electron chi connectivity index (χ1n) is 5.13. The second-order valence-corrected chi connectivity index (χ2v) is 3.38. The van der Waals surface area contributed by atoms with Crippen LogP contribution in [0.25, 0.3) is 6.08 Å². The number of hydrogen-bond donors (Lipinski definition) is 1. The van der Waals surface area contributed by atoms with E-state index >= 15 is 0 Å². The van der Waals surface area contributed by atoms with Crippen molar-refractivity contribution in [3.8, 4) is 5.75 Å². The number of carboxylic acids is 1. The summed E-state index contributed by atoms with van der Waals surface area (Å²) >= 11 is 0. The molecule has 18 heavy (non-hydrogen) atoms. The van der Waals surface area contributed by atoms with Gasteiger partial charge in [0.05, 0.1) is 0 Å². The molecule has 2 rings (SSSR count). The normalized spacial score (nSPS) is 10.7. The van der Waals surface area contributed by atoms with Crippen molar-refractivity contribution >= 4 is 12.0 Å². The summed E-state index contributed by atoms with van der Waals surface area (Å²) in [6.07, 6.45) is 3.78. The highest BCUT2D eigenvalue weighted by Crippen LogP contribution is 2.15. The van der Waals surface area contributed by atoms with Gasteiger partial charge in [-0.3, -0.25) is 0 Å². The van der Waals surface area contributed by atoms with Crippen molar-refractivity contribution in [1.82, 2.24) is 10.1 Å². The minimum absolute atomic E-state index is 0.197. The van der Waals surface area contributed by atoms with Gasteiger partial charge in [-0.1, -0.05) is 17.3 Å². The van der Waals surface area contributed by atoms with Crippen molar-refractivity contribution in [3.05, 3.63) is 48.1 Å². The lowest BCUT2D eigenvalue weighted by Gasteiger charge is -2.03. The van der Waals surface area contributed by atoms with Crippen LogP contribution in [0.2, 0.25) is 0 Å². The third-order valence-corrected chi connectivity index (χ3v) is 2.05. The second kappa shape index (κ2) is 5.62. The molecule has 1 heterocycles. The molecule has 6 heteroatoms. The van der Waals surface area contributed by atoms with Gasteiger partial charge in [-0.2, -0.15) is 4.98 Å². The molecule has 0 amide bonds. The average Bonchev–Trinajstić information content (AvgIpc) is 2.87. The van der Waals surface area contributed by atoms with Crippen LogP contribution in [0.15, 0.2) is 41.3 Å². The third-order valence-electron chi connectivity index (χ3n) is 2.05. The average molecular weight is 246 g/mol. The smallest absolute Gasteiger partial charge is 0.328 e. The summed E-state index contributed by atoms with van der Waals surface area (Å²) in [4.78, 5) is 14.2. The van der Waals surface area contributed by atoms with Gasteiger partial charge in [-0.25, -0.2) is 4.79 Å². The highest BCUT2D eigenvalue weighted by molar-refractivity contribution is 5.85. The van der Waals surface area contributed by atoms with Gasteiger partial charge < -0.3 is 14.4 Å². The predicted octanol–water partition coefficient (Wildman–Crippen LogP) is 1.75. The lowest BCUT2D eigenvalue weighted by atomic mass is 10.2. The molecule has 0 bridgehead atoms. The molecule has 0 spiro atoms. The summed E-state index contributed by atoms with van der Waals surface area (Å²) in [6.45, 7) is 0.197. The maximum atomic E-state index is 10.4. The lowest BCUT2D eigenvalue weighted by molar-refractivity contribution is -0.131. The van der Waals surface area contributed by atoms with Gasteiger partial charge in [0.2, 0.25) is 12.2 Å². The van der Waals surface area contributed by atoms with Gasteiger partial charge in [-0.15, -0.1) is 0 Å². The molecule has 0 aliphatic rings. The number of benzene rings is 1. The quantitative estimate of drug-likeness (QED) is 0.809. The fourth-order valence-corrected chi connectivity index (χ4v) is 1.28. The maximum Gasteiger partial charge on any atom is 0.328 e. The predicted molar refractivity (Wildman–Crippen MR) is 61.7 cm³/mol. The van der Waals surface area contributed by atoms with Gasteiger partial charge >= 0.3 is 5.97 Å². The summed E-state index contributed by atoms with van der Waals surface area (Å²) < 4.78 is 10.0. The molecule has 92 valence electrons. The molecule has 2 aromatic rings. The van der Waals surface area contributed by atoms with Gasteiger partial charge in [0.15, 0.2) is 6.61 Å². The summed E-state index contributed by atoms with van der Waals surface area (Å²) in [5.74, 6) is 0.0574. The van der Waals surface area contributed by atoms with Crippen LogP contribution in [0, 0.1) is 0 Å². The van der Waals surface area contributed by atoms with Crippen LogP contribution in [-0.4, -0.2) is 21.2 Å². The van der Waals surface area contributed by atoms with E-state index < -0.39 is 5.97 Å². The Morgan fingerprint density at radius 2 is 2.39 bits per heavy atom. The highest BCUT2D eigenvalue weighted by atomic mass is 16.5. The highest BCUT2D eigenvalue weighted by Gasteiger charge is 2.00. The van der Waals surface area contributed by atoms with Crippen LogP contribution in [0.1, 0.15) is 11.4 Å². The molecule has 0 radical (unpaired) electrons. The minimum Gasteiger partial charge on any atom is -0.485 e. The lowest BCUT2D eigenvalue weighted by Crippen LogP contribution is -1.97. The van der Waals surface area contributed by atoms with E-state index in [1.54, 1.807) is 24.3 Å². The number of nitrogens with zero attached hydrogens (tertiary/aromatic N) is 2. The van der Waals surface area contributed by atoms with E-state index in [9.17, 15) is 4.79 Å². The summed E-state index contributed by atoms with van der Waals surface area (Å²) in [6, 6.07) is 7.03. The van der Waals surface area contributed by atoms with Gasteiger partial charge in [0, 0.05) is 6.08 Å². The molecule has 1 aromatic carbocycles. The first-order chi connectivity index (χ1) is 8.74. The Bertz CT molecular complexity index is 549. The topological polar surface area (TPSA) is 85.5 Å². The first-order valence-corrected chi connectivity index (χ1v) is 5.13. The fourth-order valence-electron chi connectivity index (χ4n) is 1.28. The number of carbonyl (C=O) groups is 1. The van der Waals surface area contributed by atoms with Crippen molar-refractivity contribution in [2.45, 2.75) is 6.61 Å². The molecule has 1 N–H and O–H groups in total. The number of ether oxygens (including phenoxy) is 1. The molecule has 0 saturated carbocycles. The molecule has 0 aliphatic carbocycles. The Labute approximate surface area is 103 Å². The Kier molecular flexibility index (Phi) is 3.70. The zero-order valence-electron chi connectivity index (χ0n) is 9.31. The fraction of sp³-hybridized carbons (Fsp3) is 0.0833. The van der Waals surface area contributed by atoms with Crippen LogP contribution in [-0.2, 0) is 11.4 Å². The molecule has 0 atom stereocenters. The van der Waals surface area contributed by atoms with Gasteiger partial charge in [0.1, 0.15) is 5.75 Å². The van der Waals surface area contributed by atoms with Crippen molar-refractivity contribution in [3.63, 3.8) is 0 Å². The summed E-state index contributed by atoms with van der Waals surface area (Å²) in [7, 11) is 0. The van der Waals surface area contributed by atoms with Crippen molar-refractivity contribution < 1.29 is 19.2 Å². The van der Waals surface area contributed by atoms with Crippen molar-refractivity contribution in [1.29, 1.82) is 0 Å². The Morgan fingerprint density at radius 3 is 3.11 bits per heavy atom. The van der Waals surface area contributed by atoms with E-state index in [2.05, 4.69) is 14.7 Å². The van der Waals surface area contributed by atoms with E-state index in [1.807, 2.05) is 0 Å². The van der Waals surface area contributed by atoms with E-state index in [0.717, 1.165) is 11.6 Å². The van der Waals surface area contributed by atoms with Crippen LogP contribution < -0.4 is 4.74 Å². The van der Waals surface area contributed by atoms with Crippen LogP contribution in [0.4, 0.5) is 0 Å². The Morgan fingerprint density at radius 1 is 1.50 bits per heavy atom. The van der Waals surface area contributed by atoms with Gasteiger partial charge in [-0.05, 0) is 23.8 Å². The van der Waals surface area contributed by atoms with Crippen LogP contribution >= 0.6 is 0 Å². The molecule has 0 unspecified atom stereocenters. The van der Waals surface area contributed by atoms with E-state index in [0.29, 0.717) is 11.6 Å². The minimum atomic E-state index is -0.992. The molecule has 1 aromatic heterocycles. The molecule has 0 aliphatic heterocycles. The number of hydrogen-bond acceptors (Lipinski definition) is 5. The zero-order chi connectivity index (χ0) is 12.8.